The first-order chi connectivity index (χ1) is 24.0. The molecule has 6 nitrogen and oxygen atoms in total. The molecule has 0 N–H and O–H groups in total. The van der Waals surface area contributed by atoms with Crippen molar-refractivity contribution in [2.75, 3.05) is 0 Å². The molecule has 6 aromatic carbocycles. The van der Waals surface area contributed by atoms with E-state index in [1.54, 1.807) is 23.2 Å². The molecule has 234 valence electrons. The molecule has 3 aromatic heterocycles. The van der Waals surface area contributed by atoms with Gasteiger partial charge in [0.1, 0.15) is 0 Å². The Hall–Kier alpha value is -6.18. The summed E-state index contributed by atoms with van der Waals surface area (Å²) < 4.78 is 5.88. The molecule has 0 aliphatic rings. The summed E-state index contributed by atoms with van der Waals surface area (Å²) in [6.45, 7) is 0. The highest BCUT2D eigenvalue weighted by atomic mass is 32.1. The lowest BCUT2D eigenvalue weighted by Gasteiger charge is -2.13. The smallest absolute Gasteiger partial charge is 0.295 e. The summed E-state index contributed by atoms with van der Waals surface area (Å²) >= 11 is 1.82. The molecular formula is C42H29N5OS. The predicted molar refractivity (Wildman–Crippen MR) is 202 cm³/mol. The molecule has 0 aliphatic heterocycles. The van der Waals surface area contributed by atoms with E-state index in [4.69, 9.17) is 15.0 Å². The molecule has 0 saturated heterocycles. The molecular weight excluding hydrogens is 623 g/mol. The van der Waals surface area contributed by atoms with Crippen molar-refractivity contribution >= 4 is 42.5 Å². The summed E-state index contributed by atoms with van der Waals surface area (Å²) in [7, 11) is 3.61. The molecule has 0 spiro atoms. The maximum absolute atomic E-state index is 12.5. The zero-order chi connectivity index (χ0) is 33.1. The van der Waals surface area contributed by atoms with Crippen LogP contribution in [0.2, 0.25) is 0 Å². The van der Waals surface area contributed by atoms with Crippen LogP contribution in [-0.4, -0.2) is 24.1 Å². The van der Waals surface area contributed by atoms with Crippen LogP contribution in [0.4, 0.5) is 0 Å². The van der Waals surface area contributed by atoms with Gasteiger partial charge in [-0.2, -0.15) is 0 Å². The van der Waals surface area contributed by atoms with Gasteiger partial charge in [0.2, 0.25) is 0 Å². The Bertz CT molecular complexity index is 2760. The normalized spacial score (nSPS) is 11.6. The lowest BCUT2D eigenvalue weighted by molar-refractivity contribution is 0.795. The van der Waals surface area contributed by atoms with Gasteiger partial charge in [-0.05, 0) is 46.5 Å². The van der Waals surface area contributed by atoms with Crippen molar-refractivity contribution < 1.29 is 0 Å². The first kappa shape index (κ1) is 29.0. The van der Waals surface area contributed by atoms with Crippen molar-refractivity contribution in [3.63, 3.8) is 0 Å². The SMILES string of the molecule is Cn1c(=O)n(C)c2cc(-c3ccc(-c4nc(-c5ccccc5)nc(-c5ccccc5-c5cccc6sc7ccccc7c56)n4)cc3)ccc21. The number of fused-ring (bicyclic) bond motifs is 4. The zero-order valence-corrected chi connectivity index (χ0v) is 27.6. The average molecular weight is 652 g/mol. The van der Waals surface area contributed by atoms with Gasteiger partial charge in [-0.15, -0.1) is 11.3 Å². The summed E-state index contributed by atoms with van der Waals surface area (Å²) in [6, 6.07) is 48.0. The van der Waals surface area contributed by atoms with E-state index >= 15 is 0 Å². The summed E-state index contributed by atoms with van der Waals surface area (Å²) in [6.07, 6.45) is 0. The monoisotopic (exact) mass is 651 g/mol. The van der Waals surface area contributed by atoms with Crippen molar-refractivity contribution in [3.8, 4) is 56.4 Å². The number of aryl methyl sites for hydroxylation is 2. The third-order valence-electron chi connectivity index (χ3n) is 9.28. The van der Waals surface area contributed by atoms with Crippen LogP contribution in [0.25, 0.3) is 87.6 Å². The van der Waals surface area contributed by atoms with E-state index in [0.717, 1.165) is 50.0 Å². The molecule has 49 heavy (non-hydrogen) atoms. The van der Waals surface area contributed by atoms with E-state index in [1.807, 2.05) is 53.8 Å². The van der Waals surface area contributed by atoms with Gasteiger partial charge >= 0.3 is 5.69 Å². The minimum absolute atomic E-state index is 0.0377. The quantitative estimate of drug-likeness (QED) is 0.186. The van der Waals surface area contributed by atoms with Gasteiger partial charge in [0, 0.05) is 51.0 Å². The van der Waals surface area contributed by atoms with Gasteiger partial charge in [-0.1, -0.05) is 115 Å². The predicted octanol–water partition coefficient (Wildman–Crippen LogP) is 9.76. The van der Waals surface area contributed by atoms with Gasteiger partial charge in [0.25, 0.3) is 0 Å². The molecule has 0 aliphatic carbocycles. The van der Waals surface area contributed by atoms with Crippen LogP contribution in [0.3, 0.4) is 0 Å². The third-order valence-corrected chi connectivity index (χ3v) is 10.4. The van der Waals surface area contributed by atoms with Crippen LogP contribution in [0.15, 0.2) is 144 Å². The van der Waals surface area contributed by atoms with Crippen molar-refractivity contribution in [2.24, 2.45) is 14.1 Å². The van der Waals surface area contributed by atoms with E-state index in [0.29, 0.717) is 17.5 Å². The number of benzene rings is 6. The number of thiophene rings is 1. The van der Waals surface area contributed by atoms with Crippen molar-refractivity contribution in [1.29, 1.82) is 0 Å². The summed E-state index contributed by atoms with van der Waals surface area (Å²) in [5.74, 6) is 1.84. The van der Waals surface area contributed by atoms with Crippen LogP contribution in [0.1, 0.15) is 0 Å². The fraction of sp³-hybridized carbons (Fsp3) is 0.0476. The highest BCUT2D eigenvalue weighted by Gasteiger charge is 2.18. The largest absolute Gasteiger partial charge is 0.328 e. The van der Waals surface area contributed by atoms with Crippen molar-refractivity contribution in [3.05, 3.63) is 150 Å². The van der Waals surface area contributed by atoms with Gasteiger partial charge in [0.15, 0.2) is 17.5 Å². The van der Waals surface area contributed by atoms with E-state index in [9.17, 15) is 4.79 Å². The topological polar surface area (TPSA) is 65.6 Å². The molecule has 0 amide bonds. The van der Waals surface area contributed by atoms with Crippen LogP contribution in [0, 0.1) is 0 Å². The van der Waals surface area contributed by atoms with Crippen LogP contribution in [-0.2, 0) is 14.1 Å². The van der Waals surface area contributed by atoms with E-state index < -0.39 is 0 Å². The molecule has 9 rings (SSSR count). The van der Waals surface area contributed by atoms with Crippen LogP contribution >= 0.6 is 11.3 Å². The standard InChI is InChI=1S/C42H29N5OS/c1-46-34-24-23-29(25-35(34)47(2)42(46)48)26-19-21-28(22-20-26)40-43-39(27-11-4-3-5-12-27)44-41(45-40)32-14-7-6-13-30(32)31-16-10-18-37-38(31)33-15-8-9-17-36(33)49-37/h3-25H,1-2H3. The number of nitrogens with zero attached hydrogens (tertiary/aromatic N) is 5. The summed E-state index contributed by atoms with van der Waals surface area (Å²) in [5, 5.41) is 2.50. The van der Waals surface area contributed by atoms with E-state index in [-0.39, 0.29) is 5.69 Å². The lowest BCUT2D eigenvalue weighted by Crippen LogP contribution is -2.19. The van der Waals surface area contributed by atoms with Crippen molar-refractivity contribution in [2.45, 2.75) is 0 Å². The summed E-state index contributed by atoms with van der Waals surface area (Å²) in [4.78, 5) is 27.7. The maximum atomic E-state index is 12.5. The fourth-order valence-corrected chi connectivity index (χ4v) is 7.88. The number of hydrogen-bond donors (Lipinski definition) is 0. The third kappa shape index (κ3) is 4.86. The van der Waals surface area contributed by atoms with Gasteiger partial charge in [-0.25, -0.2) is 19.7 Å². The second-order valence-electron chi connectivity index (χ2n) is 12.2. The average Bonchev–Trinajstić information content (AvgIpc) is 3.65. The lowest BCUT2D eigenvalue weighted by atomic mass is 9.95. The molecule has 0 unspecified atom stereocenters. The second-order valence-corrected chi connectivity index (χ2v) is 13.3. The van der Waals surface area contributed by atoms with Crippen LogP contribution < -0.4 is 5.69 Å². The van der Waals surface area contributed by atoms with Gasteiger partial charge < -0.3 is 0 Å². The Balaban J connectivity index is 1.19. The second kappa shape index (κ2) is 11.5. The highest BCUT2D eigenvalue weighted by Crippen LogP contribution is 2.42. The molecule has 3 heterocycles. The first-order valence-corrected chi connectivity index (χ1v) is 16.9. The Labute approximate surface area is 286 Å². The molecule has 0 radical (unpaired) electrons. The van der Waals surface area contributed by atoms with E-state index in [1.165, 1.54) is 20.2 Å². The molecule has 0 saturated carbocycles. The Morgan fingerprint density at radius 2 is 1.04 bits per heavy atom. The Morgan fingerprint density at radius 1 is 0.469 bits per heavy atom. The van der Waals surface area contributed by atoms with Gasteiger partial charge in [-0.3, -0.25) is 9.13 Å². The molecule has 9 aromatic rings. The van der Waals surface area contributed by atoms with Gasteiger partial charge in [0.05, 0.1) is 11.0 Å². The maximum Gasteiger partial charge on any atom is 0.328 e. The summed E-state index contributed by atoms with van der Waals surface area (Å²) in [5.41, 5.74) is 8.84. The van der Waals surface area contributed by atoms with E-state index in [2.05, 4.69) is 97.1 Å². The minimum Gasteiger partial charge on any atom is -0.295 e. The molecule has 0 fully saturated rings. The highest BCUT2D eigenvalue weighted by molar-refractivity contribution is 7.25. The molecule has 0 bridgehead atoms. The molecule has 0 atom stereocenters. The first-order valence-electron chi connectivity index (χ1n) is 16.1. The van der Waals surface area contributed by atoms with Crippen molar-refractivity contribution in [1.82, 2.24) is 24.1 Å². The molecule has 7 heteroatoms. The Morgan fingerprint density at radius 3 is 1.84 bits per heavy atom. The number of rotatable bonds is 5. The minimum atomic E-state index is -0.0377. The van der Waals surface area contributed by atoms with Crippen LogP contribution in [0.5, 0.6) is 0 Å². The number of imidazole rings is 1. The zero-order valence-electron chi connectivity index (χ0n) is 26.8. The fourth-order valence-electron chi connectivity index (χ4n) is 6.75. The number of aromatic nitrogens is 5. The Kier molecular flexibility index (Phi) is 6.81. The number of hydrogen-bond acceptors (Lipinski definition) is 5.